The quantitative estimate of drug-likeness (QED) is 0.174. The van der Waals surface area contributed by atoms with Crippen LogP contribution in [0.1, 0.15) is 40.5 Å². The van der Waals surface area contributed by atoms with Gasteiger partial charge in [-0.15, -0.1) is 16.9 Å². The summed E-state index contributed by atoms with van der Waals surface area (Å²) in [7, 11) is -2.90. The maximum Gasteiger partial charge on any atom is 0.334 e. The van der Waals surface area contributed by atoms with Crippen LogP contribution in [0.25, 0.3) is 0 Å². The molecule has 0 radical (unpaired) electrons. The minimum absolute atomic E-state index is 0.133. The number of rotatable bonds is 13. The second-order valence-electron chi connectivity index (χ2n) is 6.22. The topological polar surface area (TPSA) is 94.2 Å². The number of ether oxygens (including phenoxy) is 1. The molecule has 1 atom stereocenters. The fraction of sp³-hybridized carbons (Fsp3) is 0.706. The number of aromatic nitrogens is 3. The molecule has 1 unspecified atom stereocenters. The van der Waals surface area contributed by atoms with Gasteiger partial charge in [0, 0.05) is 11.7 Å². The van der Waals surface area contributed by atoms with E-state index in [1.54, 1.807) is 24.9 Å². The number of carbonyl (C=O) groups excluding carboxylic acids is 1. The van der Waals surface area contributed by atoms with Crippen LogP contribution in [-0.2, 0) is 18.6 Å². The maximum atomic E-state index is 13.1. The van der Waals surface area contributed by atoms with Gasteiger partial charge in [0.1, 0.15) is 5.03 Å². The molecule has 9 heteroatoms. The molecule has 0 fully saturated rings. The number of hydrogen-bond acceptors (Lipinski definition) is 7. The number of unbranched alkanes of at least 4 members (excludes halogenated alkanes) is 1. The van der Waals surface area contributed by atoms with Gasteiger partial charge in [-0.2, -0.15) is 10.3 Å². The number of thioether (sulfide) groups is 1. The van der Waals surface area contributed by atoms with Crippen molar-refractivity contribution in [3.8, 4) is 0 Å². The molecule has 0 aliphatic heterocycles. The predicted octanol–water partition coefficient (Wildman–Crippen LogP) is 4.14. The summed E-state index contributed by atoms with van der Waals surface area (Å²) in [5, 5.41) is 11.2. The summed E-state index contributed by atoms with van der Waals surface area (Å²) in [6.45, 7) is 8.25. The van der Waals surface area contributed by atoms with Crippen molar-refractivity contribution < 1.29 is 18.6 Å². The van der Waals surface area contributed by atoms with Crippen LogP contribution in [0.15, 0.2) is 22.9 Å². The van der Waals surface area contributed by atoms with Crippen molar-refractivity contribution in [2.75, 3.05) is 31.3 Å². The Labute approximate surface area is 160 Å². The highest BCUT2D eigenvalue weighted by atomic mass is 32.2. The lowest BCUT2D eigenvalue weighted by atomic mass is 10.2. The molecule has 0 saturated carbocycles. The van der Waals surface area contributed by atoms with Gasteiger partial charge in [0.05, 0.1) is 25.6 Å². The first-order valence-electron chi connectivity index (χ1n) is 8.97. The summed E-state index contributed by atoms with van der Waals surface area (Å²) in [4.78, 5) is 12.3. The number of esters is 1. The van der Waals surface area contributed by atoms with Crippen LogP contribution in [0.5, 0.6) is 0 Å². The Kier molecular flexibility index (Phi) is 10.9. The van der Waals surface area contributed by atoms with Crippen LogP contribution < -0.4 is 0 Å². The average Bonchev–Trinajstić information content (AvgIpc) is 3.06. The smallest absolute Gasteiger partial charge is 0.334 e. The molecule has 1 N–H and O–H groups in total. The first kappa shape index (κ1) is 22.9. The van der Waals surface area contributed by atoms with Gasteiger partial charge in [-0.1, -0.05) is 19.9 Å². The Morgan fingerprint density at radius 3 is 2.73 bits per heavy atom. The molecular formula is C17H30N3O4PS. The summed E-state index contributed by atoms with van der Waals surface area (Å²) in [6.07, 6.45) is 5.67. The molecule has 0 aliphatic carbocycles. The van der Waals surface area contributed by atoms with Crippen LogP contribution in [0.2, 0.25) is 0 Å². The van der Waals surface area contributed by atoms with Crippen LogP contribution in [-0.4, -0.2) is 52.7 Å². The fourth-order valence-corrected chi connectivity index (χ4v) is 5.89. The third kappa shape index (κ3) is 9.01. The average molecular weight is 403 g/mol. The van der Waals surface area contributed by atoms with Crippen molar-refractivity contribution in [2.45, 2.75) is 45.6 Å². The second kappa shape index (κ2) is 12.3. The summed E-state index contributed by atoms with van der Waals surface area (Å²) in [5.41, 5.74) is 0.454. The Morgan fingerprint density at radius 2 is 2.15 bits per heavy atom. The van der Waals surface area contributed by atoms with Gasteiger partial charge >= 0.3 is 5.97 Å². The predicted molar refractivity (Wildman–Crippen MR) is 105 cm³/mol. The van der Waals surface area contributed by atoms with Gasteiger partial charge in [0.2, 0.25) is 7.37 Å². The van der Waals surface area contributed by atoms with Gasteiger partial charge in [0.25, 0.3) is 0 Å². The van der Waals surface area contributed by atoms with E-state index in [4.69, 9.17) is 9.26 Å². The van der Waals surface area contributed by atoms with Gasteiger partial charge < -0.3 is 9.26 Å². The zero-order chi connectivity index (χ0) is 19.4. The number of carbonyl (C=O) groups is 1. The van der Waals surface area contributed by atoms with Crippen LogP contribution >= 0.6 is 19.1 Å². The van der Waals surface area contributed by atoms with Gasteiger partial charge in [-0.25, -0.2) is 4.79 Å². The first-order valence-corrected chi connectivity index (χ1v) is 12.0. The molecule has 26 heavy (non-hydrogen) atoms. The lowest BCUT2D eigenvalue weighted by Crippen LogP contribution is -2.14. The molecule has 0 saturated heterocycles. The van der Waals surface area contributed by atoms with E-state index >= 15 is 0 Å². The highest BCUT2D eigenvalue weighted by Crippen LogP contribution is 2.50. The Bertz CT molecular complexity index is 605. The number of H-pyrrole nitrogens is 1. The third-order valence-corrected chi connectivity index (χ3v) is 7.16. The van der Waals surface area contributed by atoms with E-state index in [1.807, 2.05) is 26.8 Å². The van der Waals surface area contributed by atoms with Gasteiger partial charge in [-0.05, 0) is 38.4 Å². The molecule has 0 bridgehead atoms. The molecule has 148 valence electrons. The molecule has 0 aromatic carbocycles. The Balaban J connectivity index is 2.69. The third-order valence-electron chi connectivity index (χ3n) is 3.34. The van der Waals surface area contributed by atoms with E-state index in [-0.39, 0.29) is 12.1 Å². The molecule has 0 amide bonds. The van der Waals surface area contributed by atoms with Crippen molar-refractivity contribution in [3.05, 3.63) is 17.8 Å². The van der Waals surface area contributed by atoms with E-state index in [9.17, 15) is 9.36 Å². The number of nitrogens with one attached hydrogen (secondary N) is 1. The highest BCUT2D eigenvalue weighted by molar-refractivity contribution is 7.99. The molecule has 1 aromatic heterocycles. The van der Waals surface area contributed by atoms with Crippen molar-refractivity contribution in [2.24, 2.45) is 5.92 Å². The Hall–Kier alpha value is -1.11. The lowest BCUT2D eigenvalue weighted by molar-refractivity contribution is -0.138. The van der Waals surface area contributed by atoms with Crippen LogP contribution in [0, 0.1) is 5.92 Å². The molecule has 1 aromatic rings. The summed E-state index contributed by atoms with van der Waals surface area (Å²) in [6, 6.07) is 0. The first-order chi connectivity index (χ1) is 12.4. The monoisotopic (exact) mass is 403 g/mol. The summed E-state index contributed by atoms with van der Waals surface area (Å²) in [5.74, 6) is 0.684. The minimum Gasteiger partial charge on any atom is -0.463 e. The van der Waals surface area contributed by atoms with Crippen LogP contribution in [0.3, 0.4) is 0 Å². The summed E-state index contributed by atoms with van der Waals surface area (Å²) >= 11 is 1.60. The largest absolute Gasteiger partial charge is 0.463 e. The highest BCUT2D eigenvalue weighted by Gasteiger charge is 2.28. The van der Waals surface area contributed by atoms with Crippen molar-refractivity contribution in [1.82, 2.24) is 15.4 Å². The molecule has 0 aliphatic rings. The Morgan fingerprint density at radius 1 is 1.38 bits per heavy atom. The SMILES string of the molecule is CCOC(=O)C(=CCCCSc1cn[nH]n1)CP(=O)(CC(C)C)OCC. The molecule has 0 spiro atoms. The fourth-order valence-electron chi connectivity index (χ4n) is 2.45. The number of hydrogen-bond donors (Lipinski definition) is 1. The van der Waals surface area contributed by atoms with E-state index in [1.165, 1.54) is 0 Å². The standard InChI is InChI=1S/C17H30N3O4PS/c1-5-23-17(21)15(13-25(22,24-6-2)12-14(3)4)9-7-8-10-26-16-11-18-20-19-16/h9,11,14H,5-8,10,12-13H2,1-4H3,(H,18,19,20). The zero-order valence-corrected chi connectivity index (χ0v) is 17.8. The van der Waals surface area contributed by atoms with E-state index in [0.29, 0.717) is 31.4 Å². The molecule has 7 nitrogen and oxygen atoms in total. The van der Waals surface area contributed by atoms with E-state index < -0.39 is 13.3 Å². The normalized spacial score (nSPS) is 14.4. The zero-order valence-electron chi connectivity index (χ0n) is 16.1. The minimum atomic E-state index is -2.90. The van der Waals surface area contributed by atoms with Crippen molar-refractivity contribution in [1.29, 1.82) is 0 Å². The molecular weight excluding hydrogens is 373 g/mol. The lowest BCUT2D eigenvalue weighted by Gasteiger charge is -2.20. The molecule has 1 rings (SSSR count). The van der Waals surface area contributed by atoms with E-state index in [0.717, 1.165) is 17.2 Å². The van der Waals surface area contributed by atoms with Crippen LogP contribution in [0.4, 0.5) is 0 Å². The van der Waals surface area contributed by atoms with Crippen molar-refractivity contribution in [3.63, 3.8) is 0 Å². The second-order valence-corrected chi connectivity index (χ2v) is 9.90. The maximum absolute atomic E-state index is 13.1. The van der Waals surface area contributed by atoms with E-state index in [2.05, 4.69) is 15.4 Å². The number of allylic oxidation sites excluding steroid dienone is 1. The summed E-state index contributed by atoms with van der Waals surface area (Å²) < 4.78 is 23.8. The number of nitrogens with zero attached hydrogens (tertiary/aromatic N) is 2. The van der Waals surface area contributed by atoms with Gasteiger partial charge in [0.15, 0.2) is 0 Å². The molecule has 1 heterocycles. The van der Waals surface area contributed by atoms with Gasteiger partial charge in [-0.3, -0.25) is 4.57 Å². The number of aromatic amines is 1. The van der Waals surface area contributed by atoms with Crippen molar-refractivity contribution >= 4 is 25.1 Å².